The first-order chi connectivity index (χ1) is 18.0. The van der Waals surface area contributed by atoms with Gasteiger partial charge in [-0.1, -0.05) is 36.5 Å². The first-order valence-electron chi connectivity index (χ1n) is 12.8. The van der Waals surface area contributed by atoms with Crippen LogP contribution in [0.3, 0.4) is 0 Å². The van der Waals surface area contributed by atoms with Crippen LogP contribution in [0.25, 0.3) is 33.8 Å². The van der Waals surface area contributed by atoms with Crippen molar-refractivity contribution in [3.63, 3.8) is 0 Å². The van der Waals surface area contributed by atoms with Gasteiger partial charge in [-0.2, -0.15) is 0 Å². The number of likely N-dealkylation sites (N-methyl/N-ethyl adjacent to an activating group) is 1. The second-order valence-corrected chi connectivity index (χ2v) is 10.2. The summed E-state index contributed by atoms with van der Waals surface area (Å²) in [5.41, 5.74) is 3.55. The van der Waals surface area contributed by atoms with Gasteiger partial charge in [-0.05, 0) is 43.7 Å². The zero-order chi connectivity index (χ0) is 25.9. The lowest BCUT2D eigenvalue weighted by molar-refractivity contribution is 0.204. The zero-order valence-electron chi connectivity index (χ0n) is 21.4. The molecule has 0 radical (unpaired) electrons. The van der Waals surface area contributed by atoms with Crippen LogP contribution in [0, 0.1) is 11.8 Å². The Bertz CT molecular complexity index is 1420. The summed E-state index contributed by atoms with van der Waals surface area (Å²) in [5, 5.41) is 4.37. The minimum Gasteiger partial charge on any atom is -0.383 e. The third-order valence-corrected chi connectivity index (χ3v) is 7.38. The lowest BCUT2D eigenvalue weighted by Gasteiger charge is -2.29. The molecule has 196 valence electrons. The summed E-state index contributed by atoms with van der Waals surface area (Å²) in [6, 6.07) is 3.69. The molecule has 4 aromatic rings. The van der Waals surface area contributed by atoms with Crippen LogP contribution < -0.4 is 10.7 Å². The van der Waals surface area contributed by atoms with Gasteiger partial charge in [0.15, 0.2) is 0 Å². The number of methoxy groups -OCH3 is 1. The number of rotatable bonds is 9. The Balaban J connectivity index is 1.73. The number of imidazole rings is 1. The van der Waals surface area contributed by atoms with Crippen molar-refractivity contribution in [1.29, 1.82) is 0 Å². The summed E-state index contributed by atoms with van der Waals surface area (Å²) in [6.07, 6.45) is 8.18. The fourth-order valence-electron chi connectivity index (χ4n) is 5.13. The van der Waals surface area contributed by atoms with E-state index in [1.54, 1.807) is 19.5 Å². The number of aromatic nitrogens is 6. The number of halogens is 1. The van der Waals surface area contributed by atoms with E-state index < -0.39 is 5.76 Å². The van der Waals surface area contributed by atoms with Crippen LogP contribution in [-0.2, 0) is 11.3 Å². The highest BCUT2D eigenvalue weighted by atomic mass is 35.5. The molecule has 0 spiro atoms. The minimum atomic E-state index is -0.641. The molecule has 0 amide bonds. The highest BCUT2D eigenvalue weighted by Gasteiger charge is 2.26. The van der Waals surface area contributed by atoms with E-state index >= 15 is 0 Å². The van der Waals surface area contributed by atoms with Gasteiger partial charge in [-0.3, -0.25) is 14.5 Å². The van der Waals surface area contributed by atoms with E-state index in [1.165, 1.54) is 25.7 Å². The summed E-state index contributed by atoms with van der Waals surface area (Å²) < 4.78 is 12.4. The highest BCUT2D eigenvalue weighted by Crippen LogP contribution is 2.37. The van der Waals surface area contributed by atoms with Gasteiger partial charge in [-0.25, -0.2) is 14.8 Å². The fraction of sp³-hybridized carbons (Fsp3) is 0.500. The summed E-state index contributed by atoms with van der Waals surface area (Å²) in [5.74, 6) is 1.79. The first-order valence-corrected chi connectivity index (χ1v) is 13.2. The second-order valence-electron chi connectivity index (χ2n) is 9.78. The largest absolute Gasteiger partial charge is 0.439 e. The molecule has 1 aliphatic rings. The maximum Gasteiger partial charge on any atom is 0.439 e. The van der Waals surface area contributed by atoms with Gasteiger partial charge in [0, 0.05) is 44.7 Å². The van der Waals surface area contributed by atoms with Gasteiger partial charge in [0.1, 0.15) is 5.69 Å². The van der Waals surface area contributed by atoms with E-state index in [0.717, 1.165) is 41.6 Å². The molecule has 5 rings (SSSR count). The van der Waals surface area contributed by atoms with E-state index in [9.17, 15) is 4.79 Å². The van der Waals surface area contributed by atoms with Crippen molar-refractivity contribution in [2.45, 2.75) is 46.1 Å². The molecule has 4 aromatic heterocycles. The van der Waals surface area contributed by atoms with E-state index in [1.807, 2.05) is 12.1 Å². The number of nitrogens with zero attached hydrogens (tertiary/aromatic N) is 6. The molecule has 0 saturated heterocycles. The van der Waals surface area contributed by atoms with Crippen LogP contribution in [0.2, 0.25) is 5.02 Å². The fourth-order valence-corrected chi connectivity index (χ4v) is 5.31. The van der Waals surface area contributed by atoms with Crippen LogP contribution in [0.4, 0.5) is 5.95 Å². The molecule has 0 aliphatic heterocycles. The summed E-state index contributed by atoms with van der Waals surface area (Å²) in [7, 11) is 1.71. The molecular weight excluding hydrogens is 494 g/mol. The topological polar surface area (TPSA) is 115 Å². The molecule has 0 bridgehead atoms. The third kappa shape index (κ3) is 5.40. The smallest absolute Gasteiger partial charge is 0.383 e. The summed E-state index contributed by atoms with van der Waals surface area (Å²) >= 11 is 6.34. The zero-order valence-corrected chi connectivity index (χ0v) is 22.2. The van der Waals surface area contributed by atoms with Crippen molar-refractivity contribution in [2.24, 2.45) is 11.8 Å². The van der Waals surface area contributed by atoms with E-state index in [-0.39, 0.29) is 5.82 Å². The Morgan fingerprint density at radius 1 is 1.22 bits per heavy atom. The number of pyridine rings is 2. The molecule has 0 atom stereocenters. The van der Waals surface area contributed by atoms with Crippen molar-refractivity contribution < 1.29 is 9.26 Å². The van der Waals surface area contributed by atoms with Crippen molar-refractivity contribution in [3.05, 3.63) is 40.1 Å². The van der Waals surface area contributed by atoms with Crippen molar-refractivity contribution in [1.82, 2.24) is 29.7 Å². The summed E-state index contributed by atoms with van der Waals surface area (Å²) in [6.45, 7) is 7.37. The number of hydrogen-bond donors (Lipinski definition) is 1. The Hall–Kier alpha value is -3.24. The van der Waals surface area contributed by atoms with Crippen molar-refractivity contribution in [3.8, 4) is 22.8 Å². The van der Waals surface area contributed by atoms with Crippen LogP contribution in [0.5, 0.6) is 0 Å². The quantitative estimate of drug-likeness (QED) is 0.331. The molecule has 1 fully saturated rings. The van der Waals surface area contributed by atoms with E-state index in [4.69, 9.17) is 30.8 Å². The number of fused-ring (bicyclic) bond motifs is 1. The molecule has 1 N–H and O–H groups in total. The van der Waals surface area contributed by atoms with Gasteiger partial charge in [-0.15, -0.1) is 0 Å². The standard InChI is InChI=1S/C26H32ClN7O3/c1-4-33(9-10-36-3)25-30-20-12-21(24-31-26(35)37-32-24)29-22(18-11-19(27)14-28-13-18)23(20)34(25)15-17-7-5-16(2)6-8-17/h11-14,16-17H,4-10,15H2,1-3H3,(H,31,32,35)/t16-,17-. The van der Waals surface area contributed by atoms with Crippen molar-refractivity contribution in [2.75, 3.05) is 31.7 Å². The van der Waals surface area contributed by atoms with Gasteiger partial charge in [0.2, 0.25) is 11.8 Å². The monoisotopic (exact) mass is 525 g/mol. The lowest BCUT2D eigenvalue weighted by atomic mass is 9.83. The van der Waals surface area contributed by atoms with Crippen LogP contribution >= 0.6 is 11.6 Å². The van der Waals surface area contributed by atoms with Crippen LogP contribution in [0.1, 0.15) is 39.5 Å². The third-order valence-electron chi connectivity index (χ3n) is 7.17. The first kappa shape index (κ1) is 25.4. The Kier molecular flexibility index (Phi) is 7.57. The van der Waals surface area contributed by atoms with Gasteiger partial charge >= 0.3 is 5.76 Å². The molecule has 11 heteroatoms. The Labute approximate surface area is 220 Å². The van der Waals surface area contributed by atoms with E-state index in [0.29, 0.717) is 35.5 Å². The van der Waals surface area contributed by atoms with Crippen LogP contribution in [0.15, 0.2) is 33.8 Å². The Morgan fingerprint density at radius 2 is 2.03 bits per heavy atom. The molecular formula is C26H32ClN7O3. The predicted octanol–water partition coefficient (Wildman–Crippen LogP) is 4.79. The predicted molar refractivity (Wildman–Crippen MR) is 143 cm³/mol. The maximum absolute atomic E-state index is 11.7. The number of aromatic amines is 1. The van der Waals surface area contributed by atoms with Crippen LogP contribution in [-0.4, -0.2) is 56.5 Å². The van der Waals surface area contributed by atoms with Gasteiger partial charge in [0.25, 0.3) is 0 Å². The molecule has 1 aliphatic carbocycles. The SMILES string of the molecule is CCN(CCOC)c1nc2cc(-c3noc(=O)[nH]3)nc(-c3cncc(Cl)c3)c2n1C[C@H]1CC[C@H](C)CC1. The average Bonchev–Trinajstić information content (AvgIpc) is 3.49. The second kappa shape index (κ2) is 11.0. The lowest BCUT2D eigenvalue weighted by Crippen LogP contribution is -2.30. The normalized spacial score (nSPS) is 17.9. The maximum atomic E-state index is 11.7. The number of ether oxygens (including phenoxy) is 1. The summed E-state index contributed by atoms with van der Waals surface area (Å²) in [4.78, 5) is 30.9. The molecule has 0 unspecified atom stereocenters. The minimum absolute atomic E-state index is 0.243. The number of anilines is 1. The number of nitrogens with one attached hydrogen (secondary N) is 1. The van der Waals surface area contributed by atoms with Gasteiger partial charge < -0.3 is 14.2 Å². The molecule has 37 heavy (non-hydrogen) atoms. The molecule has 10 nitrogen and oxygen atoms in total. The van der Waals surface area contributed by atoms with E-state index in [2.05, 4.69) is 38.4 Å². The van der Waals surface area contributed by atoms with Crippen molar-refractivity contribution >= 4 is 28.6 Å². The molecule has 1 saturated carbocycles. The average molecular weight is 526 g/mol. The highest BCUT2D eigenvalue weighted by molar-refractivity contribution is 6.30. The Morgan fingerprint density at radius 3 is 2.70 bits per heavy atom. The number of hydrogen-bond acceptors (Lipinski definition) is 8. The van der Waals surface area contributed by atoms with Gasteiger partial charge in [0.05, 0.1) is 28.4 Å². The molecule has 4 heterocycles. The number of H-pyrrole nitrogens is 1. The molecule has 0 aromatic carbocycles.